The zero-order valence-corrected chi connectivity index (χ0v) is 12.4. The molecule has 0 aliphatic heterocycles. The number of benzene rings is 1. The third-order valence-electron chi connectivity index (χ3n) is 2.71. The van der Waals surface area contributed by atoms with Gasteiger partial charge in [-0.3, -0.25) is 4.21 Å². The SMILES string of the molecule is CC(CCNS(=O)(=O)c1cccc(F)c1N)S(C)=O. The highest BCUT2D eigenvalue weighted by Crippen LogP contribution is 2.20. The topological polar surface area (TPSA) is 89.3 Å². The minimum absolute atomic E-state index is 0.118. The zero-order valence-electron chi connectivity index (χ0n) is 10.7. The molecule has 108 valence electrons. The van der Waals surface area contributed by atoms with Crippen molar-refractivity contribution in [3.8, 4) is 0 Å². The van der Waals surface area contributed by atoms with Crippen molar-refractivity contribution in [1.29, 1.82) is 0 Å². The van der Waals surface area contributed by atoms with Gasteiger partial charge in [0.2, 0.25) is 10.0 Å². The highest BCUT2D eigenvalue weighted by atomic mass is 32.2. The van der Waals surface area contributed by atoms with Gasteiger partial charge in [-0.1, -0.05) is 13.0 Å². The highest BCUT2D eigenvalue weighted by Gasteiger charge is 2.19. The fraction of sp³-hybridized carbons (Fsp3) is 0.455. The number of nitrogen functional groups attached to an aromatic ring is 1. The monoisotopic (exact) mass is 308 g/mol. The summed E-state index contributed by atoms with van der Waals surface area (Å²) in [7, 11) is -4.86. The molecule has 0 aromatic heterocycles. The largest absolute Gasteiger partial charge is 0.395 e. The molecule has 1 aromatic rings. The fourth-order valence-corrected chi connectivity index (χ4v) is 3.03. The van der Waals surface area contributed by atoms with Crippen molar-refractivity contribution in [2.45, 2.75) is 23.5 Å². The van der Waals surface area contributed by atoms with Crippen molar-refractivity contribution in [2.24, 2.45) is 0 Å². The molecule has 2 atom stereocenters. The van der Waals surface area contributed by atoms with Crippen LogP contribution < -0.4 is 10.5 Å². The number of hydrogen-bond acceptors (Lipinski definition) is 4. The van der Waals surface area contributed by atoms with E-state index >= 15 is 0 Å². The van der Waals surface area contributed by atoms with Crippen LogP contribution in [0.25, 0.3) is 0 Å². The predicted octanol–water partition coefficient (Wildman–Crippen LogP) is 0.843. The third kappa shape index (κ3) is 4.26. The Morgan fingerprint density at radius 3 is 2.68 bits per heavy atom. The second-order valence-electron chi connectivity index (χ2n) is 4.15. The first kappa shape index (κ1) is 16.1. The van der Waals surface area contributed by atoms with E-state index in [1.165, 1.54) is 12.1 Å². The number of nitrogens with two attached hydrogens (primary N) is 1. The number of halogens is 1. The summed E-state index contributed by atoms with van der Waals surface area (Å²) in [4.78, 5) is -0.280. The van der Waals surface area contributed by atoms with Crippen LogP contribution in [0.3, 0.4) is 0 Å². The van der Waals surface area contributed by atoms with E-state index in [1.807, 2.05) is 0 Å². The van der Waals surface area contributed by atoms with E-state index in [-0.39, 0.29) is 16.7 Å². The van der Waals surface area contributed by atoms with Gasteiger partial charge in [0.25, 0.3) is 0 Å². The van der Waals surface area contributed by atoms with E-state index in [0.29, 0.717) is 6.42 Å². The molecule has 0 fully saturated rings. The summed E-state index contributed by atoms with van der Waals surface area (Å²) in [6.45, 7) is 1.89. The average molecular weight is 308 g/mol. The summed E-state index contributed by atoms with van der Waals surface area (Å²) in [5.74, 6) is -0.772. The Hall–Kier alpha value is -0.990. The maximum atomic E-state index is 13.2. The predicted molar refractivity (Wildman–Crippen MR) is 74.1 cm³/mol. The molecule has 0 aliphatic rings. The number of hydrogen-bond donors (Lipinski definition) is 2. The zero-order chi connectivity index (χ0) is 14.6. The summed E-state index contributed by atoms with van der Waals surface area (Å²) >= 11 is 0. The lowest BCUT2D eigenvalue weighted by Crippen LogP contribution is -2.28. The summed E-state index contributed by atoms with van der Waals surface area (Å²) < 4.78 is 50.5. The Balaban J connectivity index is 2.77. The van der Waals surface area contributed by atoms with Crippen LogP contribution in [0.15, 0.2) is 23.1 Å². The molecule has 0 radical (unpaired) electrons. The molecule has 5 nitrogen and oxygen atoms in total. The Bertz CT molecular complexity index is 575. The summed E-state index contributed by atoms with van der Waals surface area (Å²) in [6.07, 6.45) is 1.99. The molecule has 0 heterocycles. The van der Waals surface area contributed by atoms with Gasteiger partial charge in [-0.2, -0.15) is 0 Å². The lowest BCUT2D eigenvalue weighted by atomic mass is 10.3. The molecule has 1 rings (SSSR count). The van der Waals surface area contributed by atoms with E-state index in [4.69, 9.17) is 5.73 Å². The Kier molecular flexibility index (Phi) is 5.45. The van der Waals surface area contributed by atoms with Crippen molar-refractivity contribution in [1.82, 2.24) is 4.72 Å². The number of anilines is 1. The molecule has 0 aliphatic carbocycles. The Morgan fingerprint density at radius 1 is 1.47 bits per heavy atom. The van der Waals surface area contributed by atoms with Crippen molar-refractivity contribution < 1.29 is 17.0 Å². The lowest BCUT2D eigenvalue weighted by Gasteiger charge is -2.11. The van der Waals surface area contributed by atoms with Gasteiger partial charge in [-0.15, -0.1) is 0 Å². The summed E-state index contributed by atoms with van der Waals surface area (Å²) in [6, 6.07) is 3.61. The molecule has 2 unspecified atom stereocenters. The second kappa shape index (κ2) is 6.44. The molecule has 0 spiro atoms. The smallest absolute Gasteiger partial charge is 0.242 e. The van der Waals surface area contributed by atoms with Crippen LogP contribution in [-0.2, 0) is 20.8 Å². The number of para-hydroxylation sites is 1. The molecule has 0 saturated carbocycles. The molecule has 0 amide bonds. The maximum Gasteiger partial charge on any atom is 0.242 e. The van der Waals surface area contributed by atoms with Crippen LogP contribution in [0, 0.1) is 5.82 Å². The molecule has 19 heavy (non-hydrogen) atoms. The van der Waals surface area contributed by atoms with Gasteiger partial charge in [0, 0.05) is 28.9 Å². The van der Waals surface area contributed by atoms with Crippen LogP contribution in [0.2, 0.25) is 0 Å². The molecular formula is C11H17FN2O3S2. The van der Waals surface area contributed by atoms with E-state index in [9.17, 15) is 17.0 Å². The van der Waals surface area contributed by atoms with Gasteiger partial charge in [0.1, 0.15) is 10.7 Å². The van der Waals surface area contributed by atoms with Gasteiger partial charge in [0.05, 0.1) is 5.69 Å². The van der Waals surface area contributed by atoms with Crippen molar-refractivity contribution in [3.05, 3.63) is 24.0 Å². The summed E-state index contributed by atoms with van der Waals surface area (Å²) in [5, 5.41) is -0.118. The van der Waals surface area contributed by atoms with Crippen LogP contribution in [0.5, 0.6) is 0 Å². The van der Waals surface area contributed by atoms with Crippen molar-refractivity contribution >= 4 is 26.5 Å². The summed E-state index contributed by atoms with van der Waals surface area (Å²) in [5.41, 5.74) is 5.00. The standard InChI is InChI=1S/C11H17FN2O3S2/c1-8(18(2)15)6-7-14-19(16,17)10-5-3-4-9(12)11(10)13/h3-5,8,14H,6-7,13H2,1-2H3. The first-order valence-corrected chi connectivity index (χ1v) is 8.72. The lowest BCUT2D eigenvalue weighted by molar-refractivity contribution is 0.575. The Labute approximate surface area is 114 Å². The fourth-order valence-electron chi connectivity index (χ4n) is 1.39. The first-order chi connectivity index (χ1) is 8.75. The third-order valence-corrected chi connectivity index (χ3v) is 5.60. The van der Waals surface area contributed by atoms with Crippen LogP contribution in [0.4, 0.5) is 10.1 Å². The highest BCUT2D eigenvalue weighted by molar-refractivity contribution is 7.89. The number of rotatable bonds is 6. The van der Waals surface area contributed by atoms with Crippen molar-refractivity contribution in [2.75, 3.05) is 18.5 Å². The van der Waals surface area contributed by atoms with Crippen LogP contribution in [0.1, 0.15) is 13.3 Å². The van der Waals surface area contributed by atoms with Gasteiger partial charge >= 0.3 is 0 Å². The molecule has 1 aromatic carbocycles. The minimum atomic E-state index is -3.85. The second-order valence-corrected chi connectivity index (χ2v) is 7.68. The van der Waals surface area contributed by atoms with Gasteiger partial charge in [0.15, 0.2) is 0 Å². The van der Waals surface area contributed by atoms with Gasteiger partial charge in [-0.05, 0) is 18.6 Å². The molecule has 0 bridgehead atoms. The van der Waals surface area contributed by atoms with Gasteiger partial charge < -0.3 is 5.73 Å². The van der Waals surface area contributed by atoms with Crippen LogP contribution in [-0.4, -0.2) is 30.7 Å². The molecule has 3 N–H and O–H groups in total. The van der Waals surface area contributed by atoms with Gasteiger partial charge in [-0.25, -0.2) is 17.5 Å². The Morgan fingerprint density at radius 2 is 2.11 bits per heavy atom. The van der Waals surface area contributed by atoms with E-state index in [1.54, 1.807) is 13.2 Å². The minimum Gasteiger partial charge on any atom is -0.395 e. The van der Waals surface area contributed by atoms with E-state index < -0.39 is 32.3 Å². The first-order valence-electron chi connectivity index (χ1n) is 5.61. The van der Waals surface area contributed by atoms with Crippen LogP contribution >= 0.6 is 0 Å². The number of nitrogens with one attached hydrogen (secondary N) is 1. The normalized spacial score (nSPS) is 15.1. The molecular weight excluding hydrogens is 291 g/mol. The quantitative estimate of drug-likeness (QED) is 0.762. The van der Waals surface area contributed by atoms with E-state index in [0.717, 1.165) is 6.07 Å². The molecule has 8 heteroatoms. The maximum absolute atomic E-state index is 13.2. The molecule has 0 saturated heterocycles. The van der Waals surface area contributed by atoms with Crippen molar-refractivity contribution in [3.63, 3.8) is 0 Å². The number of sulfonamides is 1. The van der Waals surface area contributed by atoms with E-state index in [2.05, 4.69) is 4.72 Å². The average Bonchev–Trinajstić information content (AvgIpc) is 2.31.